The summed E-state index contributed by atoms with van der Waals surface area (Å²) in [5, 5.41) is 6.63. The monoisotopic (exact) mass is 354 g/mol. The summed E-state index contributed by atoms with van der Waals surface area (Å²) in [6.07, 6.45) is 7.28. The molecule has 24 heavy (non-hydrogen) atoms. The number of hydrogen-bond donors (Lipinski definition) is 2. The van der Waals surface area contributed by atoms with E-state index in [0.29, 0.717) is 6.42 Å². The van der Waals surface area contributed by atoms with E-state index in [1.54, 1.807) is 0 Å². The smallest absolute Gasteiger partial charge is 0.220 e. The summed E-state index contributed by atoms with van der Waals surface area (Å²) < 4.78 is 5.77. The molecular formula is C17H30N4O2S. The SMILES string of the molecule is CN=C(NCC1(SC)CCOCC1)N1CCCC2(CNC(=O)C2)C1. The zero-order valence-corrected chi connectivity index (χ0v) is 15.7. The van der Waals surface area contributed by atoms with Crippen LogP contribution in [0.15, 0.2) is 4.99 Å². The number of piperidine rings is 1. The molecule has 0 bridgehead atoms. The summed E-state index contributed by atoms with van der Waals surface area (Å²) in [5.41, 5.74) is 0.100. The second kappa shape index (κ2) is 7.52. The fraction of sp³-hybridized carbons (Fsp3) is 0.882. The summed E-state index contributed by atoms with van der Waals surface area (Å²) in [5.74, 6) is 1.18. The van der Waals surface area contributed by atoms with E-state index >= 15 is 0 Å². The number of amides is 1. The van der Waals surface area contributed by atoms with Crippen LogP contribution in [0.3, 0.4) is 0 Å². The molecule has 0 aromatic heterocycles. The lowest BCUT2D eigenvalue weighted by atomic mass is 9.79. The van der Waals surface area contributed by atoms with E-state index in [4.69, 9.17) is 4.74 Å². The third-order valence-corrected chi connectivity index (χ3v) is 7.19. The lowest BCUT2D eigenvalue weighted by Crippen LogP contribution is -2.54. The fourth-order valence-corrected chi connectivity index (χ4v) is 4.99. The number of rotatable bonds is 3. The van der Waals surface area contributed by atoms with E-state index in [1.165, 1.54) is 0 Å². The summed E-state index contributed by atoms with van der Waals surface area (Å²) in [7, 11) is 1.86. The van der Waals surface area contributed by atoms with Gasteiger partial charge in [0.1, 0.15) is 0 Å². The molecule has 0 aromatic carbocycles. The van der Waals surface area contributed by atoms with Gasteiger partial charge >= 0.3 is 0 Å². The summed E-state index contributed by atoms with van der Waals surface area (Å²) in [4.78, 5) is 18.6. The van der Waals surface area contributed by atoms with Crippen molar-refractivity contribution in [3.8, 4) is 0 Å². The zero-order valence-electron chi connectivity index (χ0n) is 14.9. The van der Waals surface area contributed by atoms with Crippen LogP contribution < -0.4 is 10.6 Å². The Hall–Kier alpha value is -0.950. The van der Waals surface area contributed by atoms with Crippen LogP contribution in [0, 0.1) is 5.41 Å². The highest BCUT2D eigenvalue weighted by Crippen LogP contribution is 2.36. The van der Waals surface area contributed by atoms with E-state index in [0.717, 1.165) is 71.0 Å². The minimum absolute atomic E-state index is 0.100. The van der Waals surface area contributed by atoms with Gasteiger partial charge < -0.3 is 20.3 Å². The Morgan fingerprint density at radius 1 is 1.42 bits per heavy atom. The second-order valence-electron chi connectivity index (χ2n) is 7.38. The Kier molecular flexibility index (Phi) is 5.59. The standard InChI is InChI=1S/C17H30N4O2S/c1-18-15(20-12-17(24-2)5-8-23-9-6-17)21-7-3-4-16(13-21)10-14(22)19-11-16/h3-13H2,1-2H3,(H,18,20)(H,19,22). The van der Waals surface area contributed by atoms with E-state index in [9.17, 15) is 4.79 Å². The molecule has 6 nitrogen and oxygen atoms in total. The van der Waals surface area contributed by atoms with Gasteiger partial charge in [0.15, 0.2) is 5.96 Å². The number of likely N-dealkylation sites (tertiary alicyclic amines) is 1. The Labute approximate surface area is 149 Å². The molecule has 3 rings (SSSR count). The minimum atomic E-state index is 0.100. The maximum atomic E-state index is 11.7. The third-order valence-electron chi connectivity index (χ3n) is 5.77. The maximum Gasteiger partial charge on any atom is 0.220 e. The van der Waals surface area contributed by atoms with Gasteiger partial charge in [0.25, 0.3) is 0 Å². The number of aliphatic imine (C=N–C) groups is 1. The predicted molar refractivity (Wildman–Crippen MR) is 98.5 cm³/mol. The minimum Gasteiger partial charge on any atom is -0.381 e. The molecule has 0 aliphatic carbocycles. The van der Waals surface area contributed by atoms with Crippen molar-refractivity contribution in [1.82, 2.24) is 15.5 Å². The first-order chi connectivity index (χ1) is 11.6. The van der Waals surface area contributed by atoms with Gasteiger partial charge in [-0.15, -0.1) is 0 Å². The summed E-state index contributed by atoms with van der Waals surface area (Å²) >= 11 is 1.94. The van der Waals surface area contributed by atoms with Gasteiger partial charge in [-0.05, 0) is 31.9 Å². The number of carbonyl (C=O) groups is 1. The van der Waals surface area contributed by atoms with Crippen LogP contribution in [0.1, 0.15) is 32.1 Å². The molecule has 7 heteroatoms. The first-order valence-corrected chi connectivity index (χ1v) is 10.2. The summed E-state index contributed by atoms with van der Waals surface area (Å²) in [6, 6.07) is 0. The van der Waals surface area contributed by atoms with Crippen molar-refractivity contribution in [1.29, 1.82) is 0 Å². The fourth-order valence-electron chi connectivity index (χ4n) is 4.20. The number of nitrogens with one attached hydrogen (secondary N) is 2. The highest BCUT2D eigenvalue weighted by molar-refractivity contribution is 8.00. The lowest BCUT2D eigenvalue weighted by Gasteiger charge is -2.42. The number of carbonyl (C=O) groups excluding carboxylic acids is 1. The predicted octanol–water partition coefficient (Wildman–Crippen LogP) is 1.08. The maximum absolute atomic E-state index is 11.7. The Bertz CT molecular complexity index is 493. The van der Waals surface area contributed by atoms with Gasteiger partial charge in [-0.2, -0.15) is 11.8 Å². The largest absolute Gasteiger partial charge is 0.381 e. The molecule has 3 saturated heterocycles. The highest BCUT2D eigenvalue weighted by atomic mass is 32.2. The topological polar surface area (TPSA) is 66.0 Å². The van der Waals surface area contributed by atoms with Crippen LogP contribution in [0.5, 0.6) is 0 Å². The van der Waals surface area contributed by atoms with Crippen LogP contribution in [-0.4, -0.2) is 74.2 Å². The van der Waals surface area contributed by atoms with Crippen LogP contribution in [0.4, 0.5) is 0 Å². The Balaban J connectivity index is 1.60. The van der Waals surface area contributed by atoms with Gasteiger partial charge in [-0.3, -0.25) is 9.79 Å². The van der Waals surface area contributed by atoms with Gasteiger partial charge in [-0.1, -0.05) is 0 Å². The van der Waals surface area contributed by atoms with Crippen molar-refractivity contribution in [2.45, 2.75) is 36.9 Å². The van der Waals surface area contributed by atoms with Gasteiger partial charge in [-0.25, -0.2) is 0 Å². The molecule has 3 aliphatic rings. The molecule has 0 radical (unpaired) electrons. The Morgan fingerprint density at radius 2 is 2.21 bits per heavy atom. The molecule has 1 amide bonds. The normalized spacial score (nSPS) is 30.5. The van der Waals surface area contributed by atoms with Crippen LogP contribution in [-0.2, 0) is 9.53 Å². The highest BCUT2D eigenvalue weighted by Gasteiger charge is 2.42. The van der Waals surface area contributed by atoms with Crippen molar-refractivity contribution in [2.24, 2.45) is 10.4 Å². The van der Waals surface area contributed by atoms with Gasteiger partial charge in [0.05, 0.1) is 0 Å². The molecule has 136 valence electrons. The average Bonchev–Trinajstić information content (AvgIpc) is 2.96. The average molecular weight is 355 g/mol. The van der Waals surface area contributed by atoms with Gasteiger partial charge in [0, 0.05) is 63.0 Å². The lowest BCUT2D eigenvalue weighted by molar-refractivity contribution is -0.119. The zero-order chi connectivity index (χ0) is 17.0. The number of ether oxygens (including phenoxy) is 1. The first kappa shape index (κ1) is 17.9. The number of guanidine groups is 1. The number of thioether (sulfide) groups is 1. The molecule has 2 N–H and O–H groups in total. The third kappa shape index (κ3) is 3.82. The molecule has 3 heterocycles. The molecule has 1 atom stereocenters. The van der Waals surface area contributed by atoms with E-state index in [1.807, 2.05) is 18.8 Å². The van der Waals surface area contributed by atoms with Crippen molar-refractivity contribution in [3.05, 3.63) is 0 Å². The number of nitrogens with zero attached hydrogens (tertiary/aromatic N) is 2. The van der Waals surface area contributed by atoms with E-state index in [2.05, 4.69) is 26.8 Å². The molecule has 3 aliphatic heterocycles. The van der Waals surface area contributed by atoms with E-state index < -0.39 is 0 Å². The number of hydrogen-bond acceptors (Lipinski definition) is 4. The Morgan fingerprint density at radius 3 is 2.83 bits per heavy atom. The molecular weight excluding hydrogens is 324 g/mol. The van der Waals surface area contributed by atoms with E-state index in [-0.39, 0.29) is 16.1 Å². The van der Waals surface area contributed by atoms with Crippen LogP contribution >= 0.6 is 11.8 Å². The molecule has 0 saturated carbocycles. The molecule has 1 spiro atoms. The quantitative estimate of drug-likeness (QED) is 0.586. The van der Waals surface area contributed by atoms with Crippen molar-refractivity contribution in [3.63, 3.8) is 0 Å². The molecule has 3 fully saturated rings. The second-order valence-corrected chi connectivity index (χ2v) is 8.65. The van der Waals surface area contributed by atoms with Crippen molar-refractivity contribution in [2.75, 3.05) is 52.7 Å². The van der Waals surface area contributed by atoms with Gasteiger partial charge in [0.2, 0.25) is 5.91 Å². The van der Waals surface area contributed by atoms with Crippen molar-refractivity contribution >= 4 is 23.6 Å². The van der Waals surface area contributed by atoms with Crippen LogP contribution in [0.2, 0.25) is 0 Å². The van der Waals surface area contributed by atoms with Crippen LogP contribution in [0.25, 0.3) is 0 Å². The first-order valence-electron chi connectivity index (χ1n) is 8.96. The van der Waals surface area contributed by atoms with Crippen molar-refractivity contribution < 1.29 is 9.53 Å². The molecule has 1 unspecified atom stereocenters. The molecule has 0 aromatic rings. The summed E-state index contributed by atoms with van der Waals surface area (Å²) in [6.45, 7) is 5.37.